The molecule has 1 aliphatic heterocycles. The summed E-state index contributed by atoms with van der Waals surface area (Å²) in [5.74, 6) is -0.780. The highest BCUT2D eigenvalue weighted by atomic mass is 19.1. The molecule has 4 amide bonds. The van der Waals surface area contributed by atoms with E-state index in [0.717, 1.165) is 17.7 Å². The van der Waals surface area contributed by atoms with Gasteiger partial charge in [-0.25, -0.2) is 9.18 Å². The Morgan fingerprint density at radius 1 is 1.27 bits per heavy atom. The monoisotopic (exact) mass is 457 g/mol. The van der Waals surface area contributed by atoms with Gasteiger partial charge in [0, 0.05) is 0 Å². The Morgan fingerprint density at radius 2 is 1.97 bits per heavy atom. The first-order valence-corrected chi connectivity index (χ1v) is 11.0. The summed E-state index contributed by atoms with van der Waals surface area (Å²) in [6.07, 6.45) is 2.73. The van der Waals surface area contributed by atoms with Gasteiger partial charge >= 0.3 is 6.03 Å². The normalized spacial score (nSPS) is 23.2. The van der Waals surface area contributed by atoms with E-state index in [0.29, 0.717) is 30.3 Å². The van der Waals surface area contributed by atoms with Crippen LogP contribution in [0.2, 0.25) is 0 Å². The van der Waals surface area contributed by atoms with Crippen molar-refractivity contribution in [1.82, 2.24) is 30.4 Å². The van der Waals surface area contributed by atoms with Gasteiger partial charge in [-0.3, -0.25) is 14.5 Å². The number of carbonyl (C=O) groups is 3. The number of imide groups is 1. The molecule has 2 aliphatic rings. The second-order valence-corrected chi connectivity index (χ2v) is 9.89. The number of nitrogens with one attached hydrogen (secondary N) is 2. The third-order valence-corrected chi connectivity index (χ3v) is 6.71. The second-order valence-electron chi connectivity index (χ2n) is 9.89. The molecule has 0 unspecified atom stereocenters. The summed E-state index contributed by atoms with van der Waals surface area (Å²) in [6.45, 7) is 7.72. The summed E-state index contributed by atoms with van der Waals surface area (Å²) >= 11 is 0. The Balaban J connectivity index is 1.44. The van der Waals surface area contributed by atoms with E-state index >= 15 is 0 Å². The number of aryl methyl sites for hydroxylation is 1. The zero-order valence-corrected chi connectivity index (χ0v) is 19.2. The van der Waals surface area contributed by atoms with Crippen molar-refractivity contribution >= 4 is 23.5 Å². The fourth-order valence-corrected chi connectivity index (χ4v) is 4.68. The van der Waals surface area contributed by atoms with Gasteiger partial charge in [-0.1, -0.05) is 20.8 Å². The highest BCUT2D eigenvalue weighted by Gasteiger charge is 2.53. The second kappa shape index (κ2) is 8.20. The Kier molecular flexibility index (Phi) is 5.67. The fraction of sp³-hybridized carbons (Fsp3) is 0.545. The molecule has 1 aromatic heterocycles. The van der Waals surface area contributed by atoms with Gasteiger partial charge in [0.1, 0.15) is 17.9 Å². The van der Waals surface area contributed by atoms with Crippen LogP contribution in [0.15, 0.2) is 18.2 Å². The van der Waals surface area contributed by atoms with Gasteiger partial charge in [-0.15, -0.1) is 5.10 Å². The third kappa shape index (κ3) is 4.31. The lowest BCUT2D eigenvalue weighted by Crippen LogP contribution is -2.51. The molecule has 0 atom stereocenters. The van der Waals surface area contributed by atoms with E-state index in [1.807, 2.05) is 0 Å². The topological polar surface area (TPSA) is 122 Å². The smallest absolute Gasteiger partial charge is 0.323 e. The molecule has 4 rings (SSSR count). The van der Waals surface area contributed by atoms with Gasteiger partial charge in [-0.2, -0.15) is 4.68 Å². The fourth-order valence-electron chi connectivity index (χ4n) is 4.68. The molecule has 0 bridgehead atoms. The Morgan fingerprint density at radius 3 is 2.58 bits per heavy atom. The zero-order valence-electron chi connectivity index (χ0n) is 19.2. The molecule has 2 N–H and O–H groups in total. The number of nitrogens with zero attached hydrogens (tertiary/aromatic N) is 5. The minimum Gasteiger partial charge on any atom is -0.323 e. The van der Waals surface area contributed by atoms with Gasteiger partial charge < -0.3 is 10.6 Å². The van der Waals surface area contributed by atoms with Gasteiger partial charge in [-0.05, 0) is 72.6 Å². The molecule has 0 radical (unpaired) electrons. The van der Waals surface area contributed by atoms with Crippen LogP contribution in [-0.4, -0.2) is 55.0 Å². The van der Waals surface area contributed by atoms with Crippen LogP contribution in [0.4, 0.5) is 14.9 Å². The van der Waals surface area contributed by atoms with E-state index in [-0.39, 0.29) is 11.1 Å². The number of hydrogen-bond donors (Lipinski definition) is 2. The lowest BCUT2D eigenvalue weighted by molar-refractivity contribution is -0.135. The number of benzene rings is 1. The molecule has 2 fully saturated rings. The number of urea groups is 1. The largest absolute Gasteiger partial charge is 0.325 e. The number of carbonyl (C=O) groups excluding carboxylic acids is 3. The predicted octanol–water partition coefficient (Wildman–Crippen LogP) is 2.58. The van der Waals surface area contributed by atoms with E-state index in [1.54, 1.807) is 6.92 Å². The third-order valence-electron chi connectivity index (χ3n) is 6.71. The van der Waals surface area contributed by atoms with Crippen LogP contribution in [-0.2, 0) is 9.59 Å². The van der Waals surface area contributed by atoms with Gasteiger partial charge in [0.2, 0.25) is 5.91 Å². The van der Waals surface area contributed by atoms with Crippen LogP contribution in [0.1, 0.15) is 52.3 Å². The van der Waals surface area contributed by atoms with Crippen LogP contribution in [0.25, 0.3) is 5.69 Å². The number of tetrazole rings is 1. The molecule has 176 valence electrons. The van der Waals surface area contributed by atoms with Crippen LogP contribution in [0.5, 0.6) is 0 Å². The number of rotatable bonds is 4. The van der Waals surface area contributed by atoms with Crippen molar-refractivity contribution in [2.45, 2.75) is 58.9 Å². The van der Waals surface area contributed by atoms with Crippen LogP contribution in [0.3, 0.4) is 0 Å². The van der Waals surface area contributed by atoms with Crippen LogP contribution in [0, 0.1) is 24.1 Å². The lowest BCUT2D eigenvalue weighted by atomic mass is 9.67. The van der Waals surface area contributed by atoms with E-state index in [1.165, 1.54) is 22.9 Å². The SMILES string of the molecule is Cc1nnnn1-c1ccc(F)c(NC(=O)CN2C(=O)NC3(CCC(C(C)(C)C)CC3)C2=O)c1. The average Bonchev–Trinajstić information content (AvgIpc) is 3.26. The number of aromatic nitrogens is 4. The molecule has 33 heavy (non-hydrogen) atoms. The zero-order chi connectivity index (χ0) is 24.0. The highest BCUT2D eigenvalue weighted by Crippen LogP contribution is 2.43. The number of hydrogen-bond acceptors (Lipinski definition) is 6. The summed E-state index contributed by atoms with van der Waals surface area (Å²) in [6, 6.07) is 3.45. The van der Waals surface area contributed by atoms with Crippen molar-refractivity contribution in [3.63, 3.8) is 0 Å². The maximum absolute atomic E-state index is 14.3. The van der Waals surface area contributed by atoms with Crippen molar-refractivity contribution in [1.29, 1.82) is 0 Å². The van der Waals surface area contributed by atoms with E-state index in [2.05, 4.69) is 46.9 Å². The highest BCUT2D eigenvalue weighted by molar-refractivity contribution is 6.10. The Hall–Kier alpha value is -3.37. The van der Waals surface area contributed by atoms with E-state index in [4.69, 9.17) is 0 Å². The predicted molar refractivity (Wildman–Crippen MR) is 117 cm³/mol. The lowest BCUT2D eigenvalue weighted by Gasteiger charge is -2.40. The molecule has 1 aliphatic carbocycles. The molecule has 1 spiro atoms. The van der Waals surface area contributed by atoms with Crippen LogP contribution < -0.4 is 10.6 Å². The average molecular weight is 458 g/mol. The maximum Gasteiger partial charge on any atom is 0.325 e. The standard InChI is InChI=1S/C22H28FN7O3/c1-13-26-27-28-30(13)15-5-6-16(23)17(11-15)24-18(31)12-29-19(32)22(25-20(29)33)9-7-14(8-10-22)21(2,3)4/h5-6,11,14H,7-10,12H2,1-4H3,(H,24,31)(H,25,33). The van der Waals surface area contributed by atoms with Crippen molar-refractivity contribution in [2.24, 2.45) is 11.3 Å². The van der Waals surface area contributed by atoms with Gasteiger partial charge in [0.25, 0.3) is 5.91 Å². The first-order chi connectivity index (χ1) is 15.5. The number of anilines is 1. The van der Waals surface area contributed by atoms with Crippen molar-refractivity contribution in [3.05, 3.63) is 29.8 Å². The molecule has 1 saturated carbocycles. The first kappa shape index (κ1) is 22.8. The summed E-state index contributed by atoms with van der Waals surface area (Å²) in [7, 11) is 0. The first-order valence-electron chi connectivity index (χ1n) is 11.0. The number of halogens is 1. The van der Waals surface area contributed by atoms with Crippen molar-refractivity contribution < 1.29 is 18.8 Å². The molecular formula is C22H28FN7O3. The molecular weight excluding hydrogens is 429 g/mol. The summed E-state index contributed by atoms with van der Waals surface area (Å²) in [4.78, 5) is 39.2. The minimum atomic E-state index is -0.956. The van der Waals surface area contributed by atoms with E-state index < -0.39 is 35.7 Å². The van der Waals surface area contributed by atoms with Crippen molar-refractivity contribution in [3.8, 4) is 5.69 Å². The summed E-state index contributed by atoms with van der Waals surface area (Å²) in [5.41, 5.74) is -0.465. The van der Waals surface area contributed by atoms with Crippen molar-refractivity contribution in [2.75, 3.05) is 11.9 Å². The quantitative estimate of drug-likeness (QED) is 0.681. The molecule has 2 aromatic rings. The molecule has 2 heterocycles. The molecule has 1 aromatic carbocycles. The molecule has 1 saturated heterocycles. The summed E-state index contributed by atoms with van der Waals surface area (Å²) in [5, 5.41) is 16.4. The Bertz CT molecular complexity index is 1100. The minimum absolute atomic E-state index is 0.0974. The van der Waals surface area contributed by atoms with Crippen LogP contribution >= 0.6 is 0 Å². The van der Waals surface area contributed by atoms with E-state index in [9.17, 15) is 18.8 Å². The number of amides is 4. The molecule has 10 nitrogen and oxygen atoms in total. The maximum atomic E-state index is 14.3. The van der Waals surface area contributed by atoms with Gasteiger partial charge in [0.05, 0.1) is 11.4 Å². The molecule has 11 heteroatoms. The summed E-state index contributed by atoms with van der Waals surface area (Å²) < 4.78 is 15.7. The Labute approximate surface area is 190 Å². The van der Waals surface area contributed by atoms with Gasteiger partial charge in [0.15, 0.2) is 5.82 Å².